The fourth-order valence-electron chi connectivity index (χ4n) is 3.50. The summed E-state index contributed by atoms with van der Waals surface area (Å²) in [6.07, 6.45) is 0.885. The highest BCUT2D eigenvalue weighted by Gasteiger charge is 2.34. The molecule has 0 saturated heterocycles. The molecule has 2 aromatic heterocycles. The van der Waals surface area contributed by atoms with Crippen LogP contribution in [0.3, 0.4) is 0 Å². The highest BCUT2D eigenvalue weighted by Crippen LogP contribution is 2.48. The molecule has 0 spiro atoms. The van der Waals surface area contributed by atoms with Crippen LogP contribution in [0.2, 0.25) is 0 Å². The van der Waals surface area contributed by atoms with E-state index in [1.807, 2.05) is 12.1 Å². The summed E-state index contributed by atoms with van der Waals surface area (Å²) in [5, 5.41) is 28.3. The largest absolute Gasteiger partial charge is 0.494 e. The summed E-state index contributed by atoms with van der Waals surface area (Å²) in [4.78, 5) is 11.9. The van der Waals surface area contributed by atoms with Crippen molar-refractivity contribution < 1.29 is 14.6 Å². The molecule has 0 fully saturated rings. The molecule has 3 N–H and O–H groups in total. The van der Waals surface area contributed by atoms with Gasteiger partial charge < -0.3 is 10.2 Å². The van der Waals surface area contributed by atoms with E-state index in [0.29, 0.717) is 35.0 Å². The Morgan fingerprint density at radius 1 is 1.07 bits per heavy atom. The van der Waals surface area contributed by atoms with E-state index in [2.05, 4.69) is 10.2 Å². The van der Waals surface area contributed by atoms with Crippen LogP contribution in [-0.4, -0.2) is 25.0 Å². The monoisotopic (exact) mass is 363 g/mol. The van der Waals surface area contributed by atoms with Crippen LogP contribution in [0.1, 0.15) is 22.4 Å². The van der Waals surface area contributed by atoms with Gasteiger partial charge in [0.05, 0.1) is 16.8 Å². The average molecular weight is 363 g/mol. The number of H-pyrrole nitrogens is 1. The number of nitrogens with zero attached hydrogens (tertiary/aromatic N) is 2. The third-order valence-corrected chi connectivity index (χ3v) is 4.95. The van der Waals surface area contributed by atoms with Crippen LogP contribution in [0, 0.1) is 5.82 Å². The summed E-state index contributed by atoms with van der Waals surface area (Å²) >= 11 is 0. The number of hydrogen-bond donors (Lipinski definition) is 3. The van der Waals surface area contributed by atoms with E-state index in [4.69, 9.17) is 0 Å². The molecule has 5 rings (SSSR count). The molecular weight excluding hydrogens is 349 g/mol. The van der Waals surface area contributed by atoms with Crippen molar-refractivity contribution in [3.8, 4) is 17.4 Å². The number of fused-ring (bicyclic) bond motifs is 2. The Morgan fingerprint density at radius 2 is 1.78 bits per heavy atom. The van der Waals surface area contributed by atoms with E-state index < -0.39 is 5.82 Å². The molecule has 7 heteroatoms. The Bertz CT molecular complexity index is 1260. The molecule has 2 aromatic carbocycles. The van der Waals surface area contributed by atoms with Crippen LogP contribution in [0.5, 0.6) is 11.8 Å². The second-order valence-corrected chi connectivity index (χ2v) is 6.62. The zero-order valence-electron chi connectivity index (χ0n) is 14.0. The maximum atomic E-state index is 14.4. The lowest BCUT2D eigenvalue weighted by Crippen LogP contribution is -2.11. The number of aromatic nitrogens is 3. The molecule has 0 radical (unpaired) electrons. The van der Waals surface area contributed by atoms with Crippen molar-refractivity contribution >= 4 is 10.8 Å². The van der Waals surface area contributed by atoms with Crippen molar-refractivity contribution in [2.75, 3.05) is 0 Å². The fraction of sp³-hybridized carbons (Fsp3) is 0.100. The molecule has 6 nitrogen and oxygen atoms in total. The molecule has 4 aromatic rings. The van der Waals surface area contributed by atoms with Gasteiger partial charge in [0, 0.05) is 29.4 Å². The summed E-state index contributed by atoms with van der Waals surface area (Å²) in [6, 6.07) is 11.6. The third kappa shape index (κ3) is 2.32. The molecule has 134 valence electrons. The van der Waals surface area contributed by atoms with Crippen molar-refractivity contribution in [1.29, 1.82) is 0 Å². The smallest absolute Gasteiger partial charge is 0.272 e. The molecule has 0 bridgehead atoms. The van der Waals surface area contributed by atoms with Gasteiger partial charge in [0.15, 0.2) is 0 Å². The molecule has 0 atom stereocenters. The van der Waals surface area contributed by atoms with E-state index in [1.54, 1.807) is 24.3 Å². The summed E-state index contributed by atoms with van der Waals surface area (Å²) in [5.41, 5.74) is 2.47. The maximum Gasteiger partial charge on any atom is 0.272 e. The van der Waals surface area contributed by atoms with E-state index in [0.717, 1.165) is 15.5 Å². The first-order chi connectivity index (χ1) is 13.0. The number of rotatable bonds is 3. The Kier molecular flexibility index (Phi) is 3.15. The lowest BCUT2D eigenvalue weighted by Gasteiger charge is -2.12. The van der Waals surface area contributed by atoms with E-state index in [-0.39, 0.29) is 23.0 Å². The minimum Gasteiger partial charge on any atom is -0.494 e. The van der Waals surface area contributed by atoms with E-state index >= 15 is 0 Å². The molecule has 1 aliphatic carbocycles. The lowest BCUT2D eigenvalue weighted by atomic mass is 10.0. The van der Waals surface area contributed by atoms with Gasteiger partial charge in [-0.25, -0.2) is 14.1 Å². The lowest BCUT2D eigenvalue weighted by molar-refractivity contribution is 0.392. The number of aromatic amines is 1. The Balaban J connectivity index is 1.60. The predicted molar refractivity (Wildman–Crippen MR) is 97.0 cm³/mol. The molecule has 27 heavy (non-hydrogen) atoms. The summed E-state index contributed by atoms with van der Waals surface area (Å²) < 4.78 is 15.5. The van der Waals surface area contributed by atoms with Crippen molar-refractivity contribution in [3.63, 3.8) is 0 Å². The highest BCUT2D eigenvalue weighted by atomic mass is 19.1. The normalized spacial score (nSPS) is 12.3. The van der Waals surface area contributed by atoms with Crippen LogP contribution in [0.4, 0.5) is 4.39 Å². The number of nitrogens with one attached hydrogen (secondary N) is 1. The Hall–Kier alpha value is -3.61. The van der Waals surface area contributed by atoms with Crippen molar-refractivity contribution in [1.82, 2.24) is 14.8 Å². The second-order valence-electron chi connectivity index (χ2n) is 6.62. The minimum absolute atomic E-state index is 0.0726. The van der Waals surface area contributed by atoms with Gasteiger partial charge in [0.1, 0.15) is 5.82 Å². The molecular formula is C20H14FN3O3. The molecule has 0 amide bonds. The molecule has 2 heterocycles. The number of halogens is 1. The molecule has 0 aliphatic heterocycles. The molecule has 0 unspecified atom stereocenters. The third-order valence-electron chi connectivity index (χ3n) is 4.95. The zero-order valence-corrected chi connectivity index (χ0v) is 14.0. The standard InChI is InChI=1S/C20H14FN3O3/c21-15-6-5-10(8-17(15)24-19(26)13-9-14(13)20(24)27)7-16-11-3-1-2-4-12(11)18(25)23-22-16/h1-6,8,26-27H,7,9H2,(H,23,25). The van der Waals surface area contributed by atoms with Crippen molar-refractivity contribution in [3.05, 3.63) is 81.0 Å². The summed E-state index contributed by atoms with van der Waals surface area (Å²) in [7, 11) is 0. The predicted octanol–water partition coefficient (Wildman–Crippen LogP) is 2.76. The number of benzene rings is 2. The van der Waals surface area contributed by atoms with Gasteiger partial charge in [-0.05, 0) is 23.8 Å². The fourth-order valence-corrected chi connectivity index (χ4v) is 3.50. The average Bonchev–Trinajstić information content (AvgIpc) is 3.43. The van der Waals surface area contributed by atoms with Crippen molar-refractivity contribution in [2.24, 2.45) is 0 Å². The maximum absolute atomic E-state index is 14.4. The Labute approximate surface area is 152 Å². The SMILES string of the molecule is O=c1[nH]nc(Cc2ccc(F)c(-n3c(O)c4c(c3O)C4)c2)c2ccccc12. The minimum atomic E-state index is -0.557. The van der Waals surface area contributed by atoms with Crippen LogP contribution >= 0.6 is 0 Å². The topological polar surface area (TPSA) is 91.1 Å². The zero-order chi connectivity index (χ0) is 18.7. The van der Waals surface area contributed by atoms with Crippen LogP contribution < -0.4 is 5.56 Å². The Morgan fingerprint density at radius 3 is 2.52 bits per heavy atom. The van der Waals surface area contributed by atoms with Gasteiger partial charge in [-0.3, -0.25) is 4.79 Å². The van der Waals surface area contributed by atoms with Crippen LogP contribution in [-0.2, 0) is 12.8 Å². The van der Waals surface area contributed by atoms with Gasteiger partial charge in [-0.1, -0.05) is 24.3 Å². The van der Waals surface area contributed by atoms with Gasteiger partial charge in [-0.15, -0.1) is 0 Å². The van der Waals surface area contributed by atoms with Gasteiger partial charge in [0.2, 0.25) is 11.8 Å². The quantitative estimate of drug-likeness (QED) is 0.460. The van der Waals surface area contributed by atoms with E-state index in [1.165, 1.54) is 6.07 Å². The number of aromatic hydroxyl groups is 2. The van der Waals surface area contributed by atoms with Crippen molar-refractivity contribution in [2.45, 2.75) is 12.8 Å². The van der Waals surface area contributed by atoms with Crippen LogP contribution in [0.25, 0.3) is 16.5 Å². The van der Waals surface area contributed by atoms with Crippen LogP contribution in [0.15, 0.2) is 47.3 Å². The summed E-state index contributed by atoms with van der Waals surface area (Å²) in [6.45, 7) is 0. The highest BCUT2D eigenvalue weighted by molar-refractivity contribution is 5.83. The van der Waals surface area contributed by atoms with Gasteiger partial charge >= 0.3 is 0 Å². The summed E-state index contributed by atoms with van der Waals surface area (Å²) in [5.74, 6) is -0.823. The van der Waals surface area contributed by atoms with Gasteiger partial charge in [0.25, 0.3) is 5.56 Å². The first-order valence-electron chi connectivity index (χ1n) is 8.44. The van der Waals surface area contributed by atoms with Gasteiger partial charge in [-0.2, -0.15) is 5.10 Å². The van der Waals surface area contributed by atoms with E-state index in [9.17, 15) is 19.4 Å². The number of hydrogen-bond acceptors (Lipinski definition) is 4. The first kappa shape index (κ1) is 15.6. The first-order valence-corrected chi connectivity index (χ1v) is 8.44. The molecule has 1 aliphatic rings. The molecule has 0 saturated carbocycles. The second kappa shape index (κ2) is 5.44.